The maximum Gasteiger partial charge on any atom is 0.194 e. The lowest BCUT2D eigenvalue weighted by atomic mass is 10.3. The maximum atomic E-state index is 11.0. The van der Waals surface area contributed by atoms with Crippen LogP contribution >= 0.6 is 0 Å². The van der Waals surface area contributed by atoms with Crippen LogP contribution in [0.25, 0.3) is 0 Å². The zero-order valence-corrected chi connectivity index (χ0v) is 8.73. The molecule has 0 aliphatic carbocycles. The van der Waals surface area contributed by atoms with Crippen LogP contribution in [0.2, 0.25) is 0 Å². The molecule has 78 valence electrons. The van der Waals surface area contributed by atoms with Gasteiger partial charge in [-0.1, -0.05) is 0 Å². The normalized spacial score (nSPS) is 10.5. The number of carbonyl (C=O) groups excluding carboxylic acids is 1. The predicted molar refractivity (Wildman–Crippen MR) is 54.8 cm³/mol. The first-order valence-electron chi connectivity index (χ1n) is 4.74. The number of aromatic nitrogens is 2. The Morgan fingerprint density at radius 3 is 2.87 bits per heavy atom. The molecule has 0 spiro atoms. The van der Waals surface area contributed by atoms with E-state index in [0.717, 1.165) is 11.3 Å². The van der Waals surface area contributed by atoms with Gasteiger partial charge in [0.2, 0.25) is 0 Å². The van der Waals surface area contributed by atoms with Crippen molar-refractivity contribution in [1.82, 2.24) is 9.78 Å². The summed E-state index contributed by atoms with van der Waals surface area (Å²) in [5.74, 6) is 1.08. The van der Waals surface area contributed by atoms with Crippen LogP contribution in [0.4, 0.5) is 0 Å². The number of Topliss-reactive ketones (excluding diaryl/α,β-unsaturated/α-hetero) is 1. The number of furan rings is 1. The Morgan fingerprint density at radius 2 is 2.33 bits per heavy atom. The molecule has 0 aromatic carbocycles. The smallest absolute Gasteiger partial charge is 0.194 e. The summed E-state index contributed by atoms with van der Waals surface area (Å²) in [7, 11) is 0. The minimum atomic E-state index is -0.0575. The quantitative estimate of drug-likeness (QED) is 0.719. The molecule has 2 rings (SSSR count). The molecular formula is C11H12N2O2. The molecule has 0 N–H and O–H groups in total. The number of hydrogen-bond donors (Lipinski definition) is 0. The zero-order valence-electron chi connectivity index (χ0n) is 8.73. The Kier molecular flexibility index (Phi) is 2.41. The molecule has 4 nitrogen and oxygen atoms in total. The maximum absolute atomic E-state index is 11.0. The van der Waals surface area contributed by atoms with E-state index in [1.54, 1.807) is 23.0 Å². The molecule has 2 heterocycles. The summed E-state index contributed by atoms with van der Waals surface area (Å²) in [6, 6.07) is 3.49. The lowest BCUT2D eigenvalue weighted by Crippen LogP contribution is -1.98. The molecule has 0 fully saturated rings. The van der Waals surface area contributed by atoms with Crippen LogP contribution in [-0.4, -0.2) is 15.6 Å². The van der Waals surface area contributed by atoms with E-state index in [9.17, 15) is 4.79 Å². The van der Waals surface area contributed by atoms with E-state index in [1.165, 1.54) is 6.92 Å². The van der Waals surface area contributed by atoms with Crippen LogP contribution < -0.4 is 0 Å². The van der Waals surface area contributed by atoms with Gasteiger partial charge in [-0.3, -0.25) is 9.48 Å². The van der Waals surface area contributed by atoms with Crippen LogP contribution in [0.1, 0.15) is 28.8 Å². The van der Waals surface area contributed by atoms with Gasteiger partial charge in [-0.05, 0) is 24.6 Å². The molecule has 0 unspecified atom stereocenters. The molecule has 2 aromatic heterocycles. The van der Waals surface area contributed by atoms with E-state index >= 15 is 0 Å². The fourth-order valence-corrected chi connectivity index (χ4v) is 1.37. The molecule has 0 saturated carbocycles. The van der Waals surface area contributed by atoms with Gasteiger partial charge in [0.1, 0.15) is 5.76 Å². The Morgan fingerprint density at radius 1 is 1.53 bits per heavy atom. The van der Waals surface area contributed by atoms with Crippen molar-refractivity contribution in [2.75, 3.05) is 0 Å². The number of hydrogen-bond acceptors (Lipinski definition) is 3. The van der Waals surface area contributed by atoms with Crippen LogP contribution in [0.3, 0.4) is 0 Å². The SMILES string of the molecule is CC(=O)c1ccc(Cn2cc(C)cn2)o1. The minimum absolute atomic E-state index is 0.0575. The van der Waals surface area contributed by atoms with Crippen molar-refractivity contribution < 1.29 is 9.21 Å². The van der Waals surface area contributed by atoms with Crippen molar-refractivity contribution in [3.8, 4) is 0 Å². The first-order chi connectivity index (χ1) is 7.15. The molecule has 2 aromatic rings. The number of rotatable bonds is 3. The van der Waals surface area contributed by atoms with Crippen molar-refractivity contribution in [3.05, 3.63) is 41.6 Å². The summed E-state index contributed by atoms with van der Waals surface area (Å²) in [6.07, 6.45) is 3.71. The van der Waals surface area contributed by atoms with Gasteiger partial charge in [-0.2, -0.15) is 5.10 Å². The molecule has 0 amide bonds. The number of nitrogens with zero attached hydrogens (tertiary/aromatic N) is 2. The van der Waals surface area contributed by atoms with Crippen molar-refractivity contribution in [3.63, 3.8) is 0 Å². The van der Waals surface area contributed by atoms with Crippen LogP contribution in [-0.2, 0) is 6.54 Å². The number of ketones is 1. The van der Waals surface area contributed by atoms with Gasteiger partial charge < -0.3 is 4.42 Å². The average Bonchev–Trinajstić information content (AvgIpc) is 2.76. The summed E-state index contributed by atoms with van der Waals surface area (Å²) in [6.45, 7) is 4.02. The van der Waals surface area contributed by atoms with Gasteiger partial charge in [-0.15, -0.1) is 0 Å². The molecule has 4 heteroatoms. The van der Waals surface area contributed by atoms with E-state index in [2.05, 4.69) is 5.10 Å². The van der Waals surface area contributed by atoms with Gasteiger partial charge in [0.25, 0.3) is 0 Å². The summed E-state index contributed by atoms with van der Waals surface area (Å²) in [4.78, 5) is 11.0. The Bertz CT molecular complexity index is 482. The Hall–Kier alpha value is -1.84. The number of aryl methyl sites for hydroxylation is 1. The van der Waals surface area contributed by atoms with Gasteiger partial charge in [-0.25, -0.2) is 0 Å². The second kappa shape index (κ2) is 3.73. The summed E-state index contributed by atoms with van der Waals surface area (Å²) in [5, 5.41) is 4.14. The molecule has 0 saturated heterocycles. The highest BCUT2D eigenvalue weighted by molar-refractivity contribution is 5.91. The van der Waals surface area contributed by atoms with Crippen molar-refractivity contribution in [2.45, 2.75) is 20.4 Å². The predicted octanol–water partition coefficient (Wildman–Crippen LogP) is 2.04. The monoisotopic (exact) mass is 204 g/mol. The third-order valence-corrected chi connectivity index (χ3v) is 2.09. The van der Waals surface area contributed by atoms with Gasteiger partial charge in [0, 0.05) is 13.1 Å². The van der Waals surface area contributed by atoms with E-state index < -0.39 is 0 Å². The van der Waals surface area contributed by atoms with E-state index in [0.29, 0.717) is 12.3 Å². The van der Waals surface area contributed by atoms with Crippen LogP contribution in [0.5, 0.6) is 0 Å². The summed E-state index contributed by atoms with van der Waals surface area (Å²) in [5.41, 5.74) is 1.10. The first kappa shape index (κ1) is 9.71. The third-order valence-electron chi connectivity index (χ3n) is 2.09. The minimum Gasteiger partial charge on any atom is -0.456 e. The molecule has 0 atom stereocenters. The Balaban J connectivity index is 2.14. The Labute approximate surface area is 87.5 Å². The van der Waals surface area contributed by atoms with E-state index in [-0.39, 0.29) is 5.78 Å². The average molecular weight is 204 g/mol. The van der Waals surface area contributed by atoms with Gasteiger partial charge >= 0.3 is 0 Å². The largest absolute Gasteiger partial charge is 0.456 e. The lowest BCUT2D eigenvalue weighted by Gasteiger charge is -1.96. The van der Waals surface area contributed by atoms with E-state index in [1.807, 2.05) is 13.1 Å². The number of carbonyl (C=O) groups is 1. The topological polar surface area (TPSA) is 48.0 Å². The fourth-order valence-electron chi connectivity index (χ4n) is 1.37. The van der Waals surface area contributed by atoms with Crippen molar-refractivity contribution in [2.24, 2.45) is 0 Å². The van der Waals surface area contributed by atoms with Crippen LogP contribution in [0.15, 0.2) is 28.9 Å². The first-order valence-corrected chi connectivity index (χ1v) is 4.74. The molecular weight excluding hydrogens is 192 g/mol. The highest BCUT2D eigenvalue weighted by Gasteiger charge is 2.06. The lowest BCUT2D eigenvalue weighted by molar-refractivity contribution is 0.0985. The highest BCUT2D eigenvalue weighted by Crippen LogP contribution is 2.10. The highest BCUT2D eigenvalue weighted by atomic mass is 16.3. The summed E-state index contributed by atoms with van der Waals surface area (Å²) < 4.78 is 7.12. The fraction of sp³-hybridized carbons (Fsp3) is 0.273. The van der Waals surface area contributed by atoms with Crippen molar-refractivity contribution in [1.29, 1.82) is 0 Å². The molecule has 0 bridgehead atoms. The van der Waals surface area contributed by atoms with Gasteiger partial charge in [0.15, 0.2) is 11.5 Å². The third kappa shape index (κ3) is 2.15. The second-order valence-corrected chi connectivity index (χ2v) is 3.54. The summed E-state index contributed by atoms with van der Waals surface area (Å²) >= 11 is 0. The zero-order chi connectivity index (χ0) is 10.8. The molecule has 0 radical (unpaired) electrons. The second-order valence-electron chi connectivity index (χ2n) is 3.54. The molecule has 0 aliphatic rings. The molecule has 15 heavy (non-hydrogen) atoms. The van der Waals surface area contributed by atoms with Crippen LogP contribution in [0, 0.1) is 6.92 Å². The van der Waals surface area contributed by atoms with Gasteiger partial charge in [0.05, 0.1) is 12.7 Å². The standard InChI is InChI=1S/C11H12N2O2/c1-8-5-12-13(6-8)7-10-3-4-11(15-10)9(2)14/h3-6H,7H2,1-2H3. The molecule has 0 aliphatic heterocycles. The van der Waals surface area contributed by atoms with Crippen molar-refractivity contribution >= 4 is 5.78 Å². The van der Waals surface area contributed by atoms with E-state index in [4.69, 9.17) is 4.42 Å².